The number of halogens is 3. The van der Waals surface area contributed by atoms with Crippen molar-refractivity contribution in [3.63, 3.8) is 0 Å². The highest BCUT2D eigenvalue weighted by Crippen LogP contribution is 2.29. The van der Waals surface area contributed by atoms with E-state index in [2.05, 4.69) is 10.0 Å². The summed E-state index contributed by atoms with van der Waals surface area (Å²) in [6, 6.07) is 11.8. The van der Waals surface area contributed by atoms with Crippen molar-refractivity contribution in [2.45, 2.75) is 18.5 Å². The van der Waals surface area contributed by atoms with Gasteiger partial charge in [0.1, 0.15) is 0 Å². The van der Waals surface area contributed by atoms with Crippen LogP contribution in [0.15, 0.2) is 48.5 Å². The molecule has 0 saturated carbocycles. The summed E-state index contributed by atoms with van der Waals surface area (Å²) in [6.07, 6.45) is -4.34. The molecule has 0 saturated heterocycles. The van der Waals surface area contributed by atoms with Gasteiger partial charge in [0.15, 0.2) is 0 Å². The Labute approximate surface area is 138 Å². The van der Waals surface area contributed by atoms with Crippen molar-refractivity contribution >= 4 is 15.7 Å². The van der Waals surface area contributed by atoms with Gasteiger partial charge in [0.05, 0.1) is 11.3 Å². The van der Waals surface area contributed by atoms with E-state index in [4.69, 9.17) is 0 Å². The van der Waals surface area contributed by atoms with Crippen LogP contribution in [0.3, 0.4) is 0 Å². The first kappa shape index (κ1) is 18.3. The van der Waals surface area contributed by atoms with Crippen molar-refractivity contribution in [2.24, 2.45) is 0 Å². The van der Waals surface area contributed by atoms with Crippen LogP contribution in [0, 0.1) is 0 Å². The molecule has 0 spiro atoms. The molecule has 0 unspecified atom stereocenters. The van der Waals surface area contributed by atoms with Gasteiger partial charge in [0, 0.05) is 12.2 Å². The molecule has 130 valence electrons. The standard InChI is InChI=1S/C16H17F3N2O2S/c1-20-24(22,23)11-13-4-8-15(9-5-13)21-10-12-2-6-14(7-3-12)16(17,18)19/h2-9,20-21H,10-11H2,1H3. The molecule has 2 aromatic carbocycles. The molecule has 0 heterocycles. The summed E-state index contributed by atoms with van der Waals surface area (Å²) in [5.74, 6) is -0.108. The minimum Gasteiger partial charge on any atom is -0.381 e. The summed E-state index contributed by atoms with van der Waals surface area (Å²) in [5, 5.41) is 3.08. The van der Waals surface area contributed by atoms with Crippen LogP contribution in [0.5, 0.6) is 0 Å². The number of hydrogen-bond donors (Lipinski definition) is 2. The average molecular weight is 358 g/mol. The maximum Gasteiger partial charge on any atom is 0.416 e. The van der Waals surface area contributed by atoms with E-state index in [1.54, 1.807) is 24.3 Å². The molecule has 2 N–H and O–H groups in total. The van der Waals surface area contributed by atoms with Crippen molar-refractivity contribution in [1.82, 2.24) is 4.72 Å². The molecule has 8 heteroatoms. The van der Waals surface area contributed by atoms with E-state index in [1.807, 2.05) is 0 Å². The third-order valence-electron chi connectivity index (χ3n) is 3.40. The highest BCUT2D eigenvalue weighted by Gasteiger charge is 2.29. The van der Waals surface area contributed by atoms with Gasteiger partial charge in [-0.3, -0.25) is 0 Å². The molecule has 0 bridgehead atoms. The molecule has 0 aromatic heterocycles. The normalized spacial score (nSPS) is 12.2. The van der Waals surface area contributed by atoms with E-state index < -0.39 is 21.8 Å². The quantitative estimate of drug-likeness (QED) is 0.832. The van der Waals surface area contributed by atoms with E-state index in [-0.39, 0.29) is 5.75 Å². The van der Waals surface area contributed by atoms with Crippen LogP contribution >= 0.6 is 0 Å². The van der Waals surface area contributed by atoms with Crippen LogP contribution in [0.25, 0.3) is 0 Å². The van der Waals surface area contributed by atoms with Crippen LogP contribution in [-0.2, 0) is 28.5 Å². The number of sulfonamides is 1. The van der Waals surface area contributed by atoms with E-state index in [0.717, 1.165) is 17.8 Å². The zero-order valence-corrected chi connectivity index (χ0v) is 13.7. The zero-order chi connectivity index (χ0) is 17.8. The fourth-order valence-electron chi connectivity index (χ4n) is 2.03. The molecule has 0 amide bonds. The molecule has 2 aromatic rings. The predicted octanol–water partition coefficient (Wildman–Crippen LogP) is 3.37. The maximum atomic E-state index is 12.5. The Morgan fingerprint density at radius 2 is 1.46 bits per heavy atom. The van der Waals surface area contributed by atoms with Gasteiger partial charge in [-0.15, -0.1) is 0 Å². The minimum atomic E-state index is -4.34. The van der Waals surface area contributed by atoms with Crippen molar-refractivity contribution in [3.05, 3.63) is 65.2 Å². The molecule has 24 heavy (non-hydrogen) atoms. The van der Waals surface area contributed by atoms with E-state index >= 15 is 0 Å². The molecule has 0 aliphatic heterocycles. The fraction of sp³-hybridized carbons (Fsp3) is 0.250. The Kier molecular flexibility index (Phi) is 5.51. The Bertz CT molecular complexity index is 770. The highest BCUT2D eigenvalue weighted by atomic mass is 32.2. The van der Waals surface area contributed by atoms with Gasteiger partial charge in [-0.05, 0) is 42.4 Å². The Morgan fingerprint density at radius 1 is 0.917 bits per heavy atom. The molecule has 0 radical (unpaired) electrons. The summed E-state index contributed by atoms with van der Waals surface area (Å²) in [5.41, 5.74) is 1.43. The van der Waals surface area contributed by atoms with Crippen molar-refractivity contribution in [3.8, 4) is 0 Å². The van der Waals surface area contributed by atoms with Gasteiger partial charge in [-0.2, -0.15) is 13.2 Å². The summed E-state index contributed by atoms with van der Waals surface area (Å²) in [4.78, 5) is 0. The average Bonchev–Trinajstić information content (AvgIpc) is 2.53. The van der Waals surface area contributed by atoms with Crippen LogP contribution in [0.4, 0.5) is 18.9 Å². The summed E-state index contributed by atoms with van der Waals surface area (Å²) in [7, 11) is -1.96. The second-order valence-corrected chi connectivity index (χ2v) is 7.13. The zero-order valence-electron chi connectivity index (χ0n) is 12.9. The first-order valence-electron chi connectivity index (χ1n) is 7.10. The smallest absolute Gasteiger partial charge is 0.381 e. The maximum absolute atomic E-state index is 12.5. The van der Waals surface area contributed by atoms with Crippen LogP contribution in [0.1, 0.15) is 16.7 Å². The second-order valence-electron chi connectivity index (χ2n) is 5.21. The van der Waals surface area contributed by atoms with E-state index in [0.29, 0.717) is 17.7 Å². The van der Waals surface area contributed by atoms with Crippen molar-refractivity contribution < 1.29 is 21.6 Å². The number of nitrogens with one attached hydrogen (secondary N) is 2. The lowest BCUT2D eigenvalue weighted by atomic mass is 10.1. The SMILES string of the molecule is CNS(=O)(=O)Cc1ccc(NCc2ccc(C(F)(F)F)cc2)cc1. The monoisotopic (exact) mass is 358 g/mol. The number of anilines is 1. The van der Waals surface area contributed by atoms with Gasteiger partial charge in [0.2, 0.25) is 10.0 Å². The van der Waals surface area contributed by atoms with Crippen LogP contribution in [0.2, 0.25) is 0 Å². The predicted molar refractivity (Wildman–Crippen MR) is 86.9 cm³/mol. The van der Waals surface area contributed by atoms with Gasteiger partial charge in [-0.1, -0.05) is 24.3 Å². The van der Waals surface area contributed by atoms with Gasteiger partial charge in [-0.25, -0.2) is 13.1 Å². The Balaban J connectivity index is 1.95. The molecule has 2 rings (SSSR count). The summed E-state index contributed by atoms with van der Waals surface area (Å²) < 4.78 is 62.6. The molecule has 0 aliphatic rings. The first-order valence-corrected chi connectivity index (χ1v) is 8.75. The molecule has 0 atom stereocenters. The Morgan fingerprint density at radius 3 is 1.96 bits per heavy atom. The summed E-state index contributed by atoms with van der Waals surface area (Å²) >= 11 is 0. The van der Waals surface area contributed by atoms with Crippen molar-refractivity contribution in [2.75, 3.05) is 12.4 Å². The third kappa shape index (κ3) is 5.24. The van der Waals surface area contributed by atoms with E-state index in [1.165, 1.54) is 19.2 Å². The second kappa shape index (κ2) is 7.23. The molecule has 4 nitrogen and oxygen atoms in total. The molecule has 0 aliphatic carbocycles. The molecular formula is C16H17F3N2O2S. The first-order chi connectivity index (χ1) is 11.2. The number of alkyl halides is 3. The van der Waals surface area contributed by atoms with Crippen LogP contribution in [-0.4, -0.2) is 15.5 Å². The number of rotatable bonds is 6. The van der Waals surface area contributed by atoms with Gasteiger partial charge in [0.25, 0.3) is 0 Å². The summed E-state index contributed by atoms with van der Waals surface area (Å²) in [6.45, 7) is 0.367. The van der Waals surface area contributed by atoms with E-state index in [9.17, 15) is 21.6 Å². The number of hydrogen-bond acceptors (Lipinski definition) is 3. The minimum absolute atomic E-state index is 0.108. The number of benzene rings is 2. The van der Waals surface area contributed by atoms with Gasteiger partial charge < -0.3 is 5.32 Å². The van der Waals surface area contributed by atoms with Gasteiger partial charge >= 0.3 is 6.18 Å². The molecular weight excluding hydrogens is 341 g/mol. The largest absolute Gasteiger partial charge is 0.416 e. The highest BCUT2D eigenvalue weighted by molar-refractivity contribution is 7.88. The van der Waals surface area contributed by atoms with Crippen LogP contribution < -0.4 is 10.0 Å². The Hall–Kier alpha value is -2.06. The fourth-order valence-corrected chi connectivity index (χ4v) is 2.80. The lowest BCUT2D eigenvalue weighted by Crippen LogP contribution is -2.20. The third-order valence-corrected chi connectivity index (χ3v) is 4.73. The topological polar surface area (TPSA) is 58.2 Å². The van der Waals surface area contributed by atoms with Crippen molar-refractivity contribution in [1.29, 1.82) is 0 Å². The lowest BCUT2D eigenvalue weighted by molar-refractivity contribution is -0.137. The lowest BCUT2D eigenvalue weighted by Gasteiger charge is -2.10. The molecule has 0 fully saturated rings.